The first-order valence-electron chi connectivity index (χ1n) is 8.46. The van der Waals surface area contributed by atoms with Gasteiger partial charge in [-0.1, -0.05) is 31.1 Å². The normalized spacial score (nSPS) is 12.0. The van der Waals surface area contributed by atoms with Crippen molar-refractivity contribution in [2.75, 3.05) is 0 Å². The lowest BCUT2D eigenvalue weighted by molar-refractivity contribution is -0.139. The van der Waals surface area contributed by atoms with E-state index in [9.17, 15) is 14.7 Å². The van der Waals surface area contributed by atoms with E-state index in [0.717, 1.165) is 11.3 Å². The van der Waals surface area contributed by atoms with Crippen molar-refractivity contribution in [2.24, 2.45) is 5.92 Å². The Morgan fingerprint density at radius 2 is 1.96 bits per heavy atom. The third-order valence-electron chi connectivity index (χ3n) is 4.00. The molecule has 2 aromatic rings. The van der Waals surface area contributed by atoms with Gasteiger partial charge in [-0.25, -0.2) is 4.79 Å². The molecule has 7 heteroatoms. The molecule has 2 rings (SSSR count). The standard InChI is InChI=1S/C19H24N2O5/c1-11(2)9-16(19(23)24)20-18(22)14-7-5-6-8-17(14)25-10-15-12(3)21-26-13(15)4/h5-8,11,16H,9-10H2,1-4H3,(H,20,22)(H,23,24)/t16-/m1/s1. The molecule has 0 spiro atoms. The van der Waals surface area contributed by atoms with Crippen molar-refractivity contribution in [2.45, 2.75) is 46.8 Å². The van der Waals surface area contributed by atoms with Crippen LogP contribution in [0.5, 0.6) is 5.75 Å². The van der Waals surface area contributed by atoms with Gasteiger partial charge in [0.15, 0.2) is 0 Å². The van der Waals surface area contributed by atoms with Gasteiger partial charge in [-0.3, -0.25) is 4.79 Å². The SMILES string of the molecule is Cc1noc(C)c1COc1ccccc1C(=O)N[C@H](CC(C)C)C(=O)O. The number of carbonyl (C=O) groups excluding carboxylic acids is 1. The highest BCUT2D eigenvalue weighted by molar-refractivity contribution is 5.98. The maximum Gasteiger partial charge on any atom is 0.326 e. The molecule has 0 radical (unpaired) electrons. The molecule has 0 saturated heterocycles. The quantitative estimate of drug-likeness (QED) is 0.750. The maximum atomic E-state index is 12.6. The molecule has 0 aliphatic carbocycles. The van der Waals surface area contributed by atoms with Gasteiger partial charge in [0.2, 0.25) is 0 Å². The highest BCUT2D eigenvalue weighted by Gasteiger charge is 2.23. The Bertz CT molecular complexity index is 762. The number of hydrogen-bond acceptors (Lipinski definition) is 5. The minimum absolute atomic E-state index is 0.141. The Hall–Kier alpha value is -2.83. The number of rotatable bonds is 8. The van der Waals surface area contributed by atoms with E-state index in [2.05, 4.69) is 10.5 Å². The molecule has 1 atom stereocenters. The Balaban J connectivity index is 2.14. The molecule has 1 amide bonds. The molecule has 2 N–H and O–H groups in total. The summed E-state index contributed by atoms with van der Waals surface area (Å²) in [5.74, 6) is -0.359. The van der Waals surface area contributed by atoms with E-state index in [1.165, 1.54) is 0 Å². The summed E-state index contributed by atoms with van der Waals surface area (Å²) in [6.07, 6.45) is 0.350. The number of hydrogen-bond donors (Lipinski definition) is 2. The van der Waals surface area contributed by atoms with E-state index < -0.39 is 17.9 Å². The van der Waals surface area contributed by atoms with E-state index in [1.54, 1.807) is 31.2 Å². The van der Waals surface area contributed by atoms with Crippen molar-refractivity contribution in [1.82, 2.24) is 10.5 Å². The van der Waals surface area contributed by atoms with Gasteiger partial charge in [-0.15, -0.1) is 0 Å². The number of nitrogens with zero attached hydrogens (tertiary/aromatic N) is 1. The third kappa shape index (κ3) is 4.84. The van der Waals surface area contributed by atoms with Crippen molar-refractivity contribution in [3.8, 4) is 5.75 Å². The van der Waals surface area contributed by atoms with Crippen LogP contribution in [0.3, 0.4) is 0 Å². The topological polar surface area (TPSA) is 102 Å². The zero-order valence-corrected chi connectivity index (χ0v) is 15.4. The fraction of sp³-hybridized carbons (Fsp3) is 0.421. The number of para-hydroxylation sites is 1. The second-order valence-corrected chi connectivity index (χ2v) is 6.58. The lowest BCUT2D eigenvalue weighted by Gasteiger charge is -2.17. The molecular weight excluding hydrogens is 336 g/mol. The molecule has 0 fully saturated rings. The second kappa shape index (κ2) is 8.51. The van der Waals surface area contributed by atoms with Gasteiger partial charge >= 0.3 is 5.97 Å². The molecule has 1 aromatic heterocycles. The molecule has 1 aromatic carbocycles. The first kappa shape index (κ1) is 19.5. The molecule has 0 bridgehead atoms. The largest absolute Gasteiger partial charge is 0.488 e. The van der Waals surface area contributed by atoms with Crippen molar-refractivity contribution >= 4 is 11.9 Å². The Labute approximate surface area is 152 Å². The summed E-state index contributed by atoms with van der Waals surface area (Å²) < 4.78 is 10.9. The summed E-state index contributed by atoms with van der Waals surface area (Å²) in [6.45, 7) is 7.63. The van der Waals surface area contributed by atoms with Gasteiger partial charge in [-0.2, -0.15) is 0 Å². The minimum atomic E-state index is -1.05. The Morgan fingerprint density at radius 1 is 1.27 bits per heavy atom. The average molecular weight is 360 g/mol. The number of aliphatic carboxylic acids is 1. The lowest BCUT2D eigenvalue weighted by Crippen LogP contribution is -2.41. The van der Waals surface area contributed by atoms with E-state index in [-0.39, 0.29) is 18.1 Å². The predicted octanol–water partition coefficient (Wildman–Crippen LogP) is 3.10. The fourth-order valence-corrected chi connectivity index (χ4v) is 2.57. The van der Waals surface area contributed by atoms with Gasteiger partial charge in [-0.05, 0) is 38.3 Å². The number of amides is 1. The first-order valence-corrected chi connectivity index (χ1v) is 8.46. The van der Waals surface area contributed by atoms with Gasteiger partial charge in [0.05, 0.1) is 16.8 Å². The summed E-state index contributed by atoms with van der Waals surface area (Å²) in [5.41, 5.74) is 1.84. The zero-order chi connectivity index (χ0) is 19.3. The molecule has 7 nitrogen and oxygen atoms in total. The van der Waals surface area contributed by atoms with Gasteiger partial charge in [0.25, 0.3) is 5.91 Å². The summed E-state index contributed by atoms with van der Waals surface area (Å²) in [6, 6.07) is 5.79. The molecule has 0 aliphatic rings. The monoisotopic (exact) mass is 360 g/mol. The number of carbonyl (C=O) groups is 2. The molecule has 140 valence electrons. The van der Waals surface area contributed by atoms with Crippen LogP contribution >= 0.6 is 0 Å². The number of carboxylic acid groups (broad SMARTS) is 1. The van der Waals surface area contributed by atoms with Crippen molar-refractivity contribution in [1.29, 1.82) is 0 Å². The summed E-state index contributed by atoms with van der Waals surface area (Å²) in [4.78, 5) is 24.0. The number of ether oxygens (including phenoxy) is 1. The predicted molar refractivity (Wildman–Crippen MR) is 95.1 cm³/mol. The van der Waals surface area contributed by atoms with Gasteiger partial charge in [0, 0.05) is 0 Å². The van der Waals surface area contributed by atoms with E-state index >= 15 is 0 Å². The van der Waals surface area contributed by atoms with E-state index in [0.29, 0.717) is 17.9 Å². The van der Waals surface area contributed by atoms with Crippen LogP contribution in [0, 0.1) is 19.8 Å². The molecular formula is C19H24N2O5. The van der Waals surface area contributed by atoms with E-state index in [4.69, 9.17) is 9.26 Å². The zero-order valence-electron chi connectivity index (χ0n) is 15.4. The van der Waals surface area contributed by atoms with Crippen molar-refractivity contribution in [3.63, 3.8) is 0 Å². The number of carboxylic acids is 1. The summed E-state index contributed by atoms with van der Waals surface area (Å²) in [7, 11) is 0. The number of aromatic nitrogens is 1. The molecule has 26 heavy (non-hydrogen) atoms. The minimum Gasteiger partial charge on any atom is -0.488 e. The van der Waals surface area contributed by atoms with Gasteiger partial charge in [0.1, 0.15) is 24.2 Å². The molecule has 0 unspecified atom stereocenters. The fourth-order valence-electron chi connectivity index (χ4n) is 2.57. The van der Waals surface area contributed by atoms with Crippen LogP contribution < -0.4 is 10.1 Å². The summed E-state index contributed by atoms with van der Waals surface area (Å²) >= 11 is 0. The van der Waals surface area contributed by atoms with Gasteiger partial charge < -0.3 is 19.7 Å². The van der Waals surface area contributed by atoms with Crippen LogP contribution in [0.4, 0.5) is 0 Å². The highest BCUT2D eigenvalue weighted by Crippen LogP contribution is 2.22. The summed E-state index contributed by atoms with van der Waals surface area (Å²) in [5, 5.41) is 15.8. The highest BCUT2D eigenvalue weighted by atomic mass is 16.5. The molecule has 0 saturated carbocycles. The number of benzene rings is 1. The van der Waals surface area contributed by atoms with Crippen LogP contribution in [0.15, 0.2) is 28.8 Å². The van der Waals surface area contributed by atoms with Crippen molar-refractivity contribution in [3.05, 3.63) is 46.8 Å². The molecule has 0 aliphatic heterocycles. The number of nitrogens with one attached hydrogen (secondary N) is 1. The maximum absolute atomic E-state index is 12.6. The Morgan fingerprint density at radius 3 is 2.54 bits per heavy atom. The van der Waals surface area contributed by atoms with Crippen LogP contribution in [-0.2, 0) is 11.4 Å². The Kier molecular flexibility index (Phi) is 6.38. The van der Waals surface area contributed by atoms with Crippen LogP contribution in [0.1, 0.15) is 47.6 Å². The van der Waals surface area contributed by atoms with E-state index in [1.807, 2.05) is 20.8 Å². The lowest BCUT2D eigenvalue weighted by atomic mass is 10.0. The van der Waals surface area contributed by atoms with Crippen LogP contribution in [0.2, 0.25) is 0 Å². The second-order valence-electron chi connectivity index (χ2n) is 6.58. The van der Waals surface area contributed by atoms with Crippen molar-refractivity contribution < 1.29 is 24.0 Å². The van der Waals surface area contributed by atoms with Crippen LogP contribution in [-0.4, -0.2) is 28.2 Å². The number of aryl methyl sites for hydroxylation is 2. The third-order valence-corrected chi connectivity index (χ3v) is 4.00. The van der Waals surface area contributed by atoms with Crippen LogP contribution in [0.25, 0.3) is 0 Å². The smallest absolute Gasteiger partial charge is 0.326 e. The average Bonchev–Trinajstić information content (AvgIpc) is 2.90. The molecule has 1 heterocycles. The first-order chi connectivity index (χ1) is 12.3.